The van der Waals surface area contributed by atoms with E-state index < -0.39 is 28.5 Å². The molecule has 0 aliphatic heterocycles. The molecule has 3 aromatic carbocycles. The minimum atomic E-state index is -4.20. The predicted molar refractivity (Wildman–Crippen MR) is 166 cm³/mol. The number of nitrogens with one attached hydrogen (secondary N) is 1. The van der Waals surface area contributed by atoms with Crippen molar-refractivity contribution in [2.24, 2.45) is 0 Å². The number of carbonyl (C=O) groups is 2. The van der Waals surface area contributed by atoms with Crippen LogP contribution in [0.2, 0.25) is 10.0 Å². The molecular formula is C31H37Cl2N3O4S. The van der Waals surface area contributed by atoms with Crippen LogP contribution in [0.5, 0.6) is 0 Å². The second-order valence-corrected chi connectivity index (χ2v) is 12.8. The molecule has 0 bridgehead atoms. The van der Waals surface area contributed by atoms with E-state index in [1.54, 1.807) is 12.1 Å². The number of amides is 2. The molecule has 7 nitrogen and oxygen atoms in total. The highest BCUT2D eigenvalue weighted by molar-refractivity contribution is 7.92. The number of benzene rings is 3. The Hall–Kier alpha value is -3.07. The second kappa shape index (κ2) is 14.2. The van der Waals surface area contributed by atoms with E-state index >= 15 is 0 Å². The quantitative estimate of drug-likeness (QED) is 0.250. The Morgan fingerprint density at radius 2 is 1.44 bits per heavy atom. The third-order valence-corrected chi connectivity index (χ3v) is 9.47. The molecule has 0 saturated carbocycles. The van der Waals surface area contributed by atoms with Crippen LogP contribution in [0.3, 0.4) is 0 Å². The van der Waals surface area contributed by atoms with Crippen LogP contribution in [0.4, 0.5) is 5.69 Å². The summed E-state index contributed by atoms with van der Waals surface area (Å²) >= 11 is 12.4. The zero-order chi connectivity index (χ0) is 30.3. The van der Waals surface area contributed by atoms with Gasteiger partial charge in [0.15, 0.2) is 0 Å². The zero-order valence-corrected chi connectivity index (χ0v) is 26.4. The van der Waals surface area contributed by atoms with Gasteiger partial charge in [-0.15, -0.1) is 0 Å². The third kappa shape index (κ3) is 8.24. The van der Waals surface area contributed by atoms with Crippen molar-refractivity contribution in [1.29, 1.82) is 0 Å². The molecule has 2 atom stereocenters. The van der Waals surface area contributed by atoms with Gasteiger partial charge >= 0.3 is 0 Å². The fourth-order valence-electron chi connectivity index (χ4n) is 4.26. The molecule has 0 heterocycles. The highest BCUT2D eigenvalue weighted by atomic mass is 35.5. The lowest BCUT2D eigenvalue weighted by Crippen LogP contribution is -2.53. The van der Waals surface area contributed by atoms with Crippen LogP contribution >= 0.6 is 23.2 Å². The first-order chi connectivity index (χ1) is 19.4. The first-order valence-corrected chi connectivity index (χ1v) is 15.8. The summed E-state index contributed by atoms with van der Waals surface area (Å²) in [6.45, 7) is 9.10. The van der Waals surface area contributed by atoms with E-state index in [-0.39, 0.29) is 39.1 Å². The number of rotatable bonds is 12. The van der Waals surface area contributed by atoms with Crippen LogP contribution in [0.25, 0.3) is 0 Å². The lowest BCUT2D eigenvalue weighted by molar-refractivity contribution is -0.140. The van der Waals surface area contributed by atoms with Gasteiger partial charge < -0.3 is 10.2 Å². The van der Waals surface area contributed by atoms with E-state index in [0.717, 1.165) is 27.4 Å². The molecule has 0 radical (unpaired) electrons. The fraction of sp³-hybridized carbons (Fsp3) is 0.355. The lowest BCUT2D eigenvalue weighted by Gasteiger charge is -2.33. The summed E-state index contributed by atoms with van der Waals surface area (Å²) in [5, 5.41) is 3.38. The summed E-state index contributed by atoms with van der Waals surface area (Å²) in [6.07, 6.45) is 1.07. The van der Waals surface area contributed by atoms with Crippen LogP contribution in [0, 0.1) is 13.8 Å². The molecule has 0 aliphatic carbocycles. The zero-order valence-electron chi connectivity index (χ0n) is 24.0. The molecule has 2 unspecified atom stereocenters. The average molecular weight is 619 g/mol. The lowest BCUT2D eigenvalue weighted by atomic mass is 10.1. The Morgan fingerprint density at radius 3 is 1.98 bits per heavy atom. The van der Waals surface area contributed by atoms with Crippen molar-refractivity contribution in [2.45, 2.75) is 71.0 Å². The molecule has 0 fully saturated rings. The van der Waals surface area contributed by atoms with Crippen LogP contribution in [-0.2, 0) is 26.2 Å². The van der Waals surface area contributed by atoms with Gasteiger partial charge in [-0.3, -0.25) is 13.9 Å². The maximum absolute atomic E-state index is 14.1. The molecule has 0 aliphatic rings. The van der Waals surface area contributed by atoms with Crippen molar-refractivity contribution >= 4 is 50.7 Å². The molecule has 1 N–H and O–H groups in total. The monoisotopic (exact) mass is 617 g/mol. The number of halogens is 2. The first kappa shape index (κ1) is 32.4. The van der Waals surface area contributed by atoms with Gasteiger partial charge in [0, 0.05) is 12.6 Å². The van der Waals surface area contributed by atoms with Crippen molar-refractivity contribution in [3.05, 3.63) is 93.5 Å². The average Bonchev–Trinajstić information content (AvgIpc) is 2.94. The fourth-order valence-corrected chi connectivity index (χ4v) is 5.96. The Labute approximate surface area is 253 Å². The SMILES string of the molecule is CCC(C)NC(=O)C(CC)N(Cc1ccc(C)cc1)C(=O)CN(c1ccc(Cl)c(Cl)c1)S(=O)(=O)c1ccc(C)cc1. The molecule has 2 amide bonds. The summed E-state index contributed by atoms with van der Waals surface area (Å²) in [6, 6.07) is 17.6. The molecule has 0 spiro atoms. The smallest absolute Gasteiger partial charge is 0.264 e. The van der Waals surface area contributed by atoms with Crippen molar-refractivity contribution in [1.82, 2.24) is 10.2 Å². The minimum absolute atomic E-state index is 0.0219. The van der Waals surface area contributed by atoms with E-state index in [1.807, 2.05) is 58.9 Å². The normalized spacial score (nSPS) is 12.9. The topological polar surface area (TPSA) is 86.8 Å². The van der Waals surface area contributed by atoms with E-state index in [4.69, 9.17) is 23.2 Å². The maximum Gasteiger partial charge on any atom is 0.264 e. The summed E-state index contributed by atoms with van der Waals surface area (Å²) in [4.78, 5) is 29.0. The van der Waals surface area contributed by atoms with Gasteiger partial charge in [0.25, 0.3) is 10.0 Å². The van der Waals surface area contributed by atoms with Crippen LogP contribution in [0.15, 0.2) is 71.6 Å². The van der Waals surface area contributed by atoms with Gasteiger partial charge in [-0.05, 0) is 69.5 Å². The Balaban J connectivity index is 2.08. The molecular weight excluding hydrogens is 581 g/mol. The minimum Gasteiger partial charge on any atom is -0.352 e. The van der Waals surface area contributed by atoms with Crippen molar-refractivity contribution in [3.8, 4) is 0 Å². The molecule has 0 aromatic heterocycles. The molecule has 3 aromatic rings. The Morgan fingerprint density at radius 1 is 0.854 bits per heavy atom. The maximum atomic E-state index is 14.1. The number of carbonyl (C=O) groups excluding carboxylic acids is 2. The van der Waals surface area contributed by atoms with Crippen molar-refractivity contribution < 1.29 is 18.0 Å². The van der Waals surface area contributed by atoms with Gasteiger partial charge in [0.05, 0.1) is 20.6 Å². The summed E-state index contributed by atoms with van der Waals surface area (Å²) in [7, 11) is -4.20. The number of sulfonamides is 1. The van der Waals surface area contributed by atoms with Gasteiger partial charge in [0.1, 0.15) is 12.6 Å². The van der Waals surface area contributed by atoms with Gasteiger partial charge in [-0.2, -0.15) is 0 Å². The number of anilines is 1. The second-order valence-electron chi connectivity index (χ2n) is 10.2. The van der Waals surface area contributed by atoms with Crippen LogP contribution < -0.4 is 9.62 Å². The van der Waals surface area contributed by atoms with E-state index in [1.165, 1.54) is 35.2 Å². The molecule has 0 saturated heterocycles. The predicted octanol–water partition coefficient (Wildman–Crippen LogP) is 6.53. The largest absolute Gasteiger partial charge is 0.352 e. The van der Waals surface area contributed by atoms with Gasteiger partial charge in [-0.1, -0.05) is 84.6 Å². The van der Waals surface area contributed by atoms with Crippen LogP contribution in [-0.4, -0.2) is 43.8 Å². The van der Waals surface area contributed by atoms with E-state index in [9.17, 15) is 18.0 Å². The third-order valence-electron chi connectivity index (χ3n) is 6.94. The Kier molecular flexibility index (Phi) is 11.2. The molecule has 10 heteroatoms. The van der Waals surface area contributed by atoms with E-state index in [2.05, 4.69) is 5.32 Å². The molecule has 220 valence electrons. The Bertz CT molecular complexity index is 1460. The summed E-state index contributed by atoms with van der Waals surface area (Å²) in [5.74, 6) is -0.816. The first-order valence-electron chi connectivity index (χ1n) is 13.6. The van der Waals surface area contributed by atoms with Crippen LogP contribution in [0.1, 0.15) is 50.3 Å². The van der Waals surface area contributed by atoms with Crippen molar-refractivity contribution in [2.75, 3.05) is 10.8 Å². The number of hydrogen-bond acceptors (Lipinski definition) is 4. The van der Waals surface area contributed by atoms with E-state index in [0.29, 0.717) is 6.42 Å². The highest BCUT2D eigenvalue weighted by Gasteiger charge is 2.34. The standard InChI is InChI=1S/C31H37Cl2N3O4S/c1-6-23(5)34-31(38)29(7-2)35(19-24-12-8-21(3)9-13-24)30(37)20-36(25-14-17-27(32)28(33)18-25)41(39,40)26-15-10-22(4)11-16-26/h8-18,23,29H,6-7,19-20H2,1-5H3,(H,34,38). The summed E-state index contributed by atoms with van der Waals surface area (Å²) in [5.41, 5.74) is 2.95. The van der Waals surface area contributed by atoms with Crippen molar-refractivity contribution in [3.63, 3.8) is 0 Å². The molecule has 3 rings (SSSR count). The summed E-state index contributed by atoms with van der Waals surface area (Å²) < 4.78 is 28.9. The van der Waals surface area contributed by atoms with Gasteiger partial charge in [-0.25, -0.2) is 8.42 Å². The number of nitrogens with zero attached hydrogens (tertiary/aromatic N) is 2. The molecule has 41 heavy (non-hydrogen) atoms. The highest BCUT2D eigenvalue weighted by Crippen LogP contribution is 2.31. The number of aryl methyl sites for hydroxylation is 2. The van der Waals surface area contributed by atoms with Gasteiger partial charge in [0.2, 0.25) is 11.8 Å². The number of hydrogen-bond donors (Lipinski definition) is 1.